The largest absolute Gasteiger partial charge is 0.381 e. The average Bonchev–Trinajstić information content (AvgIpc) is 3.53. The summed E-state index contributed by atoms with van der Waals surface area (Å²) in [5.41, 5.74) is 3.62. The topological polar surface area (TPSA) is 153 Å². The lowest BCUT2D eigenvalue weighted by Crippen LogP contribution is -2.59. The molecule has 11 nitrogen and oxygen atoms in total. The van der Waals surface area contributed by atoms with Crippen molar-refractivity contribution >= 4 is 34.5 Å². The SMILES string of the molecule is O=C1C[C@@H](NC2CCOCC2)C(=O)NC[C@@H](Cc2ccccc2)NC(=O)[C@H](Cc2ccccc2)NC(=O)[C@H](Cc2c[nH]c3ccccc23)N1. The zero-order valence-corrected chi connectivity index (χ0v) is 27.5. The van der Waals surface area contributed by atoms with Crippen molar-refractivity contribution in [1.82, 2.24) is 31.6 Å². The summed E-state index contributed by atoms with van der Waals surface area (Å²) in [7, 11) is 0. The first-order chi connectivity index (χ1) is 23.9. The maximum Gasteiger partial charge on any atom is 0.243 e. The molecule has 11 heteroatoms. The third-order valence-electron chi connectivity index (χ3n) is 9.22. The van der Waals surface area contributed by atoms with E-state index in [1.807, 2.05) is 91.1 Å². The van der Waals surface area contributed by atoms with Crippen molar-refractivity contribution in [2.75, 3.05) is 19.8 Å². The number of hydrogen-bond donors (Lipinski definition) is 6. The van der Waals surface area contributed by atoms with Gasteiger partial charge in [0.2, 0.25) is 23.6 Å². The van der Waals surface area contributed by atoms with Crippen LogP contribution < -0.4 is 26.6 Å². The van der Waals surface area contributed by atoms with Gasteiger partial charge in [0.05, 0.1) is 18.5 Å². The van der Waals surface area contributed by atoms with E-state index in [4.69, 9.17) is 4.74 Å². The van der Waals surface area contributed by atoms with Crippen molar-refractivity contribution < 1.29 is 23.9 Å². The van der Waals surface area contributed by atoms with Crippen LogP contribution in [-0.2, 0) is 43.2 Å². The van der Waals surface area contributed by atoms with Crippen LogP contribution in [0, 0.1) is 0 Å². The molecule has 2 saturated heterocycles. The number of benzene rings is 3. The summed E-state index contributed by atoms with van der Waals surface area (Å²) in [4.78, 5) is 58.9. The fourth-order valence-electron chi connectivity index (χ4n) is 6.60. The summed E-state index contributed by atoms with van der Waals surface area (Å²) in [6, 6.07) is 23.7. The van der Waals surface area contributed by atoms with Gasteiger partial charge in [-0.3, -0.25) is 19.2 Å². The Morgan fingerprint density at radius 3 is 2.04 bits per heavy atom. The highest BCUT2D eigenvalue weighted by Crippen LogP contribution is 2.20. The molecule has 4 atom stereocenters. The van der Waals surface area contributed by atoms with E-state index in [1.165, 1.54) is 0 Å². The minimum absolute atomic E-state index is 0.0000581. The van der Waals surface area contributed by atoms with Crippen LogP contribution in [0.15, 0.2) is 91.1 Å². The highest BCUT2D eigenvalue weighted by molar-refractivity contribution is 5.95. The minimum Gasteiger partial charge on any atom is -0.381 e. The van der Waals surface area contributed by atoms with Gasteiger partial charge in [-0.15, -0.1) is 0 Å². The molecule has 2 aliphatic rings. The van der Waals surface area contributed by atoms with Crippen molar-refractivity contribution in [2.24, 2.45) is 0 Å². The third-order valence-corrected chi connectivity index (χ3v) is 9.22. The molecule has 256 valence electrons. The number of aromatic nitrogens is 1. The summed E-state index contributed by atoms with van der Waals surface area (Å²) in [5.74, 6) is -1.64. The molecule has 1 aromatic heterocycles. The Balaban J connectivity index is 1.31. The molecule has 0 saturated carbocycles. The van der Waals surface area contributed by atoms with Gasteiger partial charge >= 0.3 is 0 Å². The number of aromatic amines is 1. The Bertz CT molecular complexity index is 1720. The second kappa shape index (κ2) is 16.4. The Kier molecular flexibility index (Phi) is 11.3. The Morgan fingerprint density at radius 2 is 1.31 bits per heavy atom. The molecule has 0 unspecified atom stereocenters. The number of ether oxygens (including phenoxy) is 1. The molecular formula is C38H44N6O5. The lowest BCUT2D eigenvalue weighted by Gasteiger charge is -2.30. The van der Waals surface area contributed by atoms with Gasteiger partial charge in [0, 0.05) is 55.7 Å². The Labute approximate surface area is 286 Å². The summed E-state index contributed by atoms with van der Waals surface area (Å²) in [6.07, 6.45) is 3.99. The molecule has 0 radical (unpaired) electrons. The predicted octanol–water partition coefficient (Wildman–Crippen LogP) is 2.31. The highest BCUT2D eigenvalue weighted by Gasteiger charge is 2.32. The van der Waals surface area contributed by atoms with Crippen LogP contribution >= 0.6 is 0 Å². The van der Waals surface area contributed by atoms with E-state index < -0.39 is 36.0 Å². The van der Waals surface area contributed by atoms with E-state index in [9.17, 15) is 19.2 Å². The van der Waals surface area contributed by atoms with Crippen LogP contribution in [-0.4, -0.2) is 78.6 Å². The van der Waals surface area contributed by atoms with Crippen LogP contribution in [0.3, 0.4) is 0 Å². The van der Waals surface area contributed by atoms with E-state index in [0.717, 1.165) is 27.6 Å². The van der Waals surface area contributed by atoms with Crippen LogP contribution in [0.25, 0.3) is 10.9 Å². The van der Waals surface area contributed by atoms with Crippen LogP contribution in [0.2, 0.25) is 0 Å². The molecule has 2 aliphatic heterocycles. The zero-order valence-electron chi connectivity index (χ0n) is 27.5. The third kappa shape index (κ3) is 9.33. The fraction of sp³-hybridized carbons (Fsp3) is 0.368. The summed E-state index contributed by atoms with van der Waals surface area (Å²) in [5, 5.41) is 16.3. The van der Waals surface area contributed by atoms with Crippen molar-refractivity contribution in [1.29, 1.82) is 0 Å². The van der Waals surface area contributed by atoms with Gasteiger partial charge in [-0.2, -0.15) is 0 Å². The fourth-order valence-corrected chi connectivity index (χ4v) is 6.60. The summed E-state index contributed by atoms with van der Waals surface area (Å²) in [6.45, 7) is 1.28. The number of para-hydroxylation sites is 1. The van der Waals surface area contributed by atoms with Gasteiger partial charge in [-0.1, -0.05) is 78.9 Å². The standard InChI is InChI=1S/C38H44N6O5/c45-35-22-34(41-28-15-17-49-18-16-28)36(46)40-24-29(19-25-9-3-1-4-10-25)42-37(47)32(20-26-11-5-2-6-12-26)44-38(48)33(43-35)21-27-23-39-31-14-8-7-13-30(27)31/h1-14,23,28-29,32-34,39,41H,15-22,24H2,(H,40,46)(H,42,47)(H,43,45)(H,44,48)/t29-,32+,33+,34-/m1/s1. The molecule has 0 aliphatic carbocycles. The second-order valence-electron chi connectivity index (χ2n) is 12.9. The molecule has 6 N–H and O–H groups in total. The number of fused-ring (bicyclic) bond motifs is 1. The van der Waals surface area contributed by atoms with Crippen molar-refractivity contribution in [3.63, 3.8) is 0 Å². The molecule has 3 aromatic carbocycles. The number of hydrogen-bond acceptors (Lipinski definition) is 6. The Hall–Kier alpha value is -5.00. The first kappa shape index (κ1) is 33.9. The van der Waals surface area contributed by atoms with E-state index in [-0.39, 0.29) is 43.7 Å². The van der Waals surface area contributed by atoms with Gasteiger partial charge < -0.3 is 36.3 Å². The molecule has 49 heavy (non-hydrogen) atoms. The highest BCUT2D eigenvalue weighted by atomic mass is 16.5. The number of rotatable bonds is 8. The van der Waals surface area contributed by atoms with Crippen LogP contribution in [0.4, 0.5) is 0 Å². The van der Waals surface area contributed by atoms with Gasteiger partial charge in [0.15, 0.2) is 0 Å². The van der Waals surface area contributed by atoms with E-state index in [0.29, 0.717) is 32.5 Å². The average molecular weight is 665 g/mol. The Morgan fingerprint density at radius 1 is 0.673 bits per heavy atom. The molecule has 4 aromatic rings. The van der Waals surface area contributed by atoms with Crippen LogP contribution in [0.5, 0.6) is 0 Å². The number of H-pyrrole nitrogens is 1. The molecule has 2 fully saturated rings. The number of carbonyl (C=O) groups is 4. The van der Waals surface area contributed by atoms with Gasteiger partial charge in [0.1, 0.15) is 12.1 Å². The number of amides is 4. The van der Waals surface area contributed by atoms with E-state index in [1.54, 1.807) is 0 Å². The normalized spacial score (nSPS) is 23.2. The minimum atomic E-state index is -1.01. The maximum atomic E-state index is 14.1. The monoisotopic (exact) mass is 664 g/mol. The predicted molar refractivity (Wildman–Crippen MR) is 186 cm³/mol. The van der Waals surface area contributed by atoms with Crippen molar-refractivity contribution in [3.8, 4) is 0 Å². The zero-order chi connectivity index (χ0) is 34.0. The lowest BCUT2D eigenvalue weighted by molar-refractivity contribution is -0.133. The van der Waals surface area contributed by atoms with Crippen molar-refractivity contribution in [2.45, 2.75) is 68.7 Å². The first-order valence-corrected chi connectivity index (χ1v) is 17.1. The van der Waals surface area contributed by atoms with E-state index >= 15 is 0 Å². The number of nitrogens with one attached hydrogen (secondary N) is 6. The van der Waals surface area contributed by atoms with Crippen LogP contribution in [0.1, 0.15) is 36.0 Å². The molecular weight excluding hydrogens is 620 g/mol. The van der Waals surface area contributed by atoms with Crippen molar-refractivity contribution in [3.05, 3.63) is 108 Å². The van der Waals surface area contributed by atoms with E-state index in [2.05, 4.69) is 31.6 Å². The molecule has 6 rings (SSSR count). The van der Waals surface area contributed by atoms with Gasteiger partial charge in [0.25, 0.3) is 0 Å². The molecule has 0 bridgehead atoms. The van der Waals surface area contributed by atoms with Gasteiger partial charge in [-0.25, -0.2) is 0 Å². The maximum absolute atomic E-state index is 14.1. The number of carbonyl (C=O) groups excluding carboxylic acids is 4. The summed E-state index contributed by atoms with van der Waals surface area (Å²) >= 11 is 0. The quantitative estimate of drug-likeness (QED) is 0.170. The summed E-state index contributed by atoms with van der Waals surface area (Å²) < 4.78 is 5.50. The first-order valence-electron chi connectivity index (χ1n) is 17.1. The van der Waals surface area contributed by atoms with Gasteiger partial charge in [-0.05, 0) is 42.0 Å². The molecule has 4 amide bonds. The molecule has 3 heterocycles. The second-order valence-corrected chi connectivity index (χ2v) is 12.9. The lowest BCUT2D eigenvalue weighted by atomic mass is 10.00. The smallest absolute Gasteiger partial charge is 0.243 e. The molecule has 0 spiro atoms.